The first-order chi connectivity index (χ1) is 11.5. The number of halogens is 2. The number of rotatable bonds is 7. The Morgan fingerprint density at radius 1 is 1.17 bits per heavy atom. The van der Waals surface area contributed by atoms with E-state index in [0.29, 0.717) is 40.4 Å². The molecule has 0 saturated carbocycles. The molecular weight excluding hydrogens is 345 g/mol. The lowest BCUT2D eigenvalue weighted by molar-refractivity contribution is 0.0946. The maximum absolute atomic E-state index is 12.5. The van der Waals surface area contributed by atoms with E-state index in [1.165, 1.54) is 0 Å². The van der Waals surface area contributed by atoms with E-state index >= 15 is 0 Å². The Morgan fingerprint density at radius 3 is 2.62 bits per heavy atom. The van der Waals surface area contributed by atoms with E-state index in [2.05, 4.69) is 19.2 Å². The lowest BCUT2D eigenvalue weighted by Crippen LogP contribution is -2.23. The van der Waals surface area contributed by atoms with Gasteiger partial charge in [0.05, 0.1) is 12.2 Å². The summed E-state index contributed by atoms with van der Waals surface area (Å²) in [5.74, 6) is 0.956. The third-order valence-electron chi connectivity index (χ3n) is 3.54. The summed E-state index contributed by atoms with van der Waals surface area (Å²) in [5, 5.41) is 3.97. The molecule has 0 aliphatic rings. The molecule has 0 heterocycles. The predicted octanol–water partition coefficient (Wildman–Crippen LogP) is 5.35. The lowest BCUT2D eigenvalue weighted by Gasteiger charge is -2.13. The number of ether oxygens (including phenoxy) is 1. The number of hydrogen-bond donors (Lipinski definition) is 1. The molecule has 128 valence electrons. The van der Waals surface area contributed by atoms with Gasteiger partial charge in [-0.2, -0.15) is 0 Å². The zero-order valence-electron chi connectivity index (χ0n) is 13.8. The van der Waals surface area contributed by atoms with Crippen LogP contribution in [0.1, 0.15) is 36.2 Å². The maximum atomic E-state index is 12.5. The number of nitrogens with one attached hydrogen (secondary N) is 1. The fraction of sp³-hybridized carbons (Fsp3) is 0.316. The fourth-order valence-corrected chi connectivity index (χ4v) is 2.60. The first kappa shape index (κ1) is 18.6. The number of hydrogen-bond acceptors (Lipinski definition) is 2. The van der Waals surface area contributed by atoms with Gasteiger partial charge in [-0.3, -0.25) is 4.79 Å². The van der Waals surface area contributed by atoms with Crippen molar-refractivity contribution in [3.8, 4) is 5.75 Å². The average molecular weight is 366 g/mol. The summed E-state index contributed by atoms with van der Waals surface area (Å²) in [6.07, 6.45) is 0.941. The Bertz CT molecular complexity index is 702. The molecule has 0 aromatic heterocycles. The summed E-state index contributed by atoms with van der Waals surface area (Å²) in [6, 6.07) is 12.5. The normalized spacial score (nSPS) is 10.7. The van der Waals surface area contributed by atoms with Crippen LogP contribution in [-0.4, -0.2) is 12.5 Å². The van der Waals surface area contributed by atoms with E-state index in [0.717, 1.165) is 12.0 Å². The molecule has 5 heteroatoms. The maximum Gasteiger partial charge on any atom is 0.255 e. The van der Waals surface area contributed by atoms with E-state index in [4.69, 9.17) is 27.9 Å². The molecular formula is C19H21Cl2NO2. The number of amides is 1. The molecule has 2 aromatic carbocycles. The predicted molar refractivity (Wildman–Crippen MR) is 99.0 cm³/mol. The van der Waals surface area contributed by atoms with Crippen LogP contribution in [0.15, 0.2) is 42.5 Å². The van der Waals surface area contributed by atoms with Crippen LogP contribution in [0.2, 0.25) is 10.0 Å². The minimum atomic E-state index is -0.193. The first-order valence-electron chi connectivity index (χ1n) is 7.91. The standard InChI is InChI=1S/C19H21Cl2NO2/c1-13(2)9-10-24-18-6-4-3-5-16(18)19(23)22-12-14-7-8-15(20)11-17(14)21/h3-8,11,13H,9-10,12H2,1-2H3,(H,22,23). The van der Waals surface area contributed by atoms with Gasteiger partial charge < -0.3 is 10.1 Å². The summed E-state index contributed by atoms with van der Waals surface area (Å²) in [7, 11) is 0. The highest BCUT2D eigenvalue weighted by Gasteiger charge is 2.12. The Morgan fingerprint density at radius 2 is 1.92 bits per heavy atom. The van der Waals surface area contributed by atoms with Gasteiger partial charge in [0, 0.05) is 16.6 Å². The van der Waals surface area contributed by atoms with Crippen molar-refractivity contribution in [2.24, 2.45) is 5.92 Å². The smallest absolute Gasteiger partial charge is 0.255 e. The summed E-state index contributed by atoms with van der Waals surface area (Å²) in [4.78, 5) is 12.5. The van der Waals surface area contributed by atoms with Crippen molar-refractivity contribution in [3.05, 3.63) is 63.6 Å². The molecule has 0 aliphatic carbocycles. The minimum Gasteiger partial charge on any atom is -0.493 e. The zero-order valence-corrected chi connectivity index (χ0v) is 15.3. The van der Waals surface area contributed by atoms with E-state index in [-0.39, 0.29) is 5.91 Å². The van der Waals surface area contributed by atoms with E-state index < -0.39 is 0 Å². The summed E-state index contributed by atoms with van der Waals surface area (Å²) >= 11 is 12.0. The lowest BCUT2D eigenvalue weighted by atomic mass is 10.1. The molecule has 0 bridgehead atoms. The molecule has 0 spiro atoms. The summed E-state index contributed by atoms with van der Waals surface area (Å²) < 4.78 is 5.76. The van der Waals surface area contributed by atoms with Gasteiger partial charge in [0.1, 0.15) is 5.75 Å². The van der Waals surface area contributed by atoms with Gasteiger partial charge >= 0.3 is 0 Å². The second-order valence-electron chi connectivity index (χ2n) is 5.95. The second-order valence-corrected chi connectivity index (χ2v) is 6.79. The summed E-state index contributed by atoms with van der Waals surface area (Å²) in [5.41, 5.74) is 1.33. The fourth-order valence-electron chi connectivity index (χ4n) is 2.12. The molecule has 2 aromatic rings. The average Bonchev–Trinajstić information content (AvgIpc) is 2.54. The SMILES string of the molecule is CC(C)CCOc1ccccc1C(=O)NCc1ccc(Cl)cc1Cl. The Labute approximate surface area is 152 Å². The molecule has 24 heavy (non-hydrogen) atoms. The molecule has 0 saturated heterocycles. The number of carbonyl (C=O) groups is 1. The molecule has 3 nitrogen and oxygen atoms in total. The zero-order chi connectivity index (χ0) is 17.5. The number of carbonyl (C=O) groups excluding carboxylic acids is 1. The highest BCUT2D eigenvalue weighted by atomic mass is 35.5. The van der Waals surface area contributed by atoms with Crippen molar-refractivity contribution in [2.45, 2.75) is 26.8 Å². The van der Waals surface area contributed by atoms with Crippen LogP contribution in [0.25, 0.3) is 0 Å². The summed E-state index contributed by atoms with van der Waals surface area (Å²) in [6.45, 7) is 5.19. The Balaban J connectivity index is 2.01. The minimum absolute atomic E-state index is 0.193. The molecule has 1 N–H and O–H groups in total. The molecule has 0 radical (unpaired) electrons. The first-order valence-corrected chi connectivity index (χ1v) is 8.67. The van der Waals surface area contributed by atoms with Crippen LogP contribution in [0.3, 0.4) is 0 Å². The van der Waals surface area contributed by atoms with Gasteiger partial charge in [-0.1, -0.05) is 55.2 Å². The molecule has 1 amide bonds. The highest BCUT2D eigenvalue weighted by molar-refractivity contribution is 6.35. The topological polar surface area (TPSA) is 38.3 Å². The van der Waals surface area contributed by atoms with Crippen molar-refractivity contribution >= 4 is 29.1 Å². The third-order valence-corrected chi connectivity index (χ3v) is 4.13. The van der Waals surface area contributed by atoms with Crippen molar-refractivity contribution < 1.29 is 9.53 Å². The van der Waals surface area contributed by atoms with Crippen LogP contribution in [0.5, 0.6) is 5.75 Å². The van der Waals surface area contributed by atoms with Gasteiger partial charge in [0.25, 0.3) is 5.91 Å². The van der Waals surface area contributed by atoms with Crippen LogP contribution in [0.4, 0.5) is 0 Å². The van der Waals surface area contributed by atoms with Crippen LogP contribution in [-0.2, 0) is 6.54 Å². The third kappa shape index (κ3) is 5.43. The Kier molecular flexibility index (Phi) is 6.95. The molecule has 0 atom stereocenters. The van der Waals surface area contributed by atoms with Gasteiger partial charge in [-0.15, -0.1) is 0 Å². The highest BCUT2D eigenvalue weighted by Crippen LogP contribution is 2.22. The van der Waals surface area contributed by atoms with Crippen molar-refractivity contribution in [2.75, 3.05) is 6.61 Å². The van der Waals surface area contributed by atoms with Gasteiger partial charge in [-0.05, 0) is 42.2 Å². The van der Waals surface area contributed by atoms with Gasteiger partial charge in [0.15, 0.2) is 0 Å². The van der Waals surface area contributed by atoms with Crippen molar-refractivity contribution in [1.29, 1.82) is 0 Å². The quantitative estimate of drug-likeness (QED) is 0.718. The van der Waals surface area contributed by atoms with E-state index in [9.17, 15) is 4.79 Å². The van der Waals surface area contributed by atoms with Gasteiger partial charge in [0.2, 0.25) is 0 Å². The van der Waals surface area contributed by atoms with Crippen molar-refractivity contribution in [1.82, 2.24) is 5.32 Å². The molecule has 0 aliphatic heterocycles. The Hall–Kier alpha value is -1.71. The van der Waals surface area contributed by atoms with Crippen LogP contribution >= 0.6 is 23.2 Å². The van der Waals surface area contributed by atoms with Crippen LogP contribution in [0, 0.1) is 5.92 Å². The second kappa shape index (κ2) is 8.95. The molecule has 0 fully saturated rings. The number of para-hydroxylation sites is 1. The van der Waals surface area contributed by atoms with Gasteiger partial charge in [-0.25, -0.2) is 0 Å². The molecule has 0 unspecified atom stereocenters. The van der Waals surface area contributed by atoms with E-state index in [1.807, 2.05) is 18.2 Å². The van der Waals surface area contributed by atoms with Crippen molar-refractivity contribution in [3.63, 3.8) is 0 Å². The van der Waals surface area contributed by atoms with Crippen LogP contribution < -0.4 is 10.1 Å². The van der Waals surface area contributed by atoms with E-state index in [1.54, 1.807) is 24.3 Å². The largest absolute Gasteiger partial charge is 0.493 e. The molecule has 2 rings (SSSR count). The monoisotopic (exact) mass is 365 g/mol. The number of benzene rings is 2.